The van der Waals surface area contributed by atoms with Crippen molar-refractivity contribution in [3.8, 4) is 0 Å². The number of carboxylic acids is 1. The number of nitrogens with zero attached hydrogens (tertiary/aromatic N) is 1. The standard InChI is InChI=1S/C9H6N2O3.2ClH/c12-8-5(9(13)14)4-11-6-2-1-3-10-7(6)8;;/h1-4H,(H,11,12)(H,13,14);2*1H. The second-order valence-corrected chi connectivity index (χ2v) is 2.74. The van der Waals surface area contributed by atoms with Crippen LogP contribution in [0.15, 0.2) is 29.3 Å². The lowest BCUT2D eigenvalue weighted by Crippen LogP contribution is -2.16. The Hall–Kier alpha value is -1.59. The fraction of sp³-hybridized carbons (Fsp3) is 0. The van der Waals surface area contributed by atoms with Gasteiger partial charge in [-0.2, -0.15) is 0 Å². The number of nitrogens with one attached hydrogen (secondary N) is 1. The Balaban J connectivity index is 0.00000112. The molecule has 2 aromatic heterocycles. The molecule has 2 aromatic rings. The molecule has 0 aliphatic heterocycles. The fourth-order valence-electron chi connectivity index (χ4n) is 1.20. The van der Waals surface area contributed by atoms with E-state index in [0.29, 0.717) is 5.52 Å². The van der Waals surface area contributed by atoms with Gasteiger partial charge in [0.25, 0.3) is 0 Å². The van der Waals surface area contributed by atoms with Crippen LogP contribution >= 0.6 is 24.8 Å². The molecule has 2 heterocycles. The Labute approximate surface area is 102 Å². The molecule has 0 fully saturated rings. The summed E-state index contributed by atoms with van der Waals surface area (Å²) in [5.74, 6) is -1.25. The molecular weight excluding hydrogens is 255 g/mol. The van der Waals surface area contributed by atoms with Crippen LogP contribution in [0.5, 0.6) is 0 Å². The van der Waals surface area contributed by atoms with E-state index in [1.165, 1.54) is 12.4 Å². The van der Waals surface area contributed by atoms with Crippen LogP contribution in [0.3, 0.4) is 0 Å². The lowest BCUT2D eigenvalue weighted by molar-refractivity contribution is 0.0695. The van der Waals surface area contributed by atoms with Gasteiger partial charge in [0.05, 0.1) is 5.52 Å². The molecule has 0 radical (unpaired) electrons. The maximum atomic E-state index is 11.5. The van der Waals surface area contributed by atoms with Crippen molar-refractivity contribution < 1.29 is 9.90 Å². The molecule has 16 heavy (non-hydrogen) atoms. The van der Waals surface area contributed by atoms with Gasteiger partial charge in [0.15, 0.2) is 0 Å². The molecule has 2 N–H and O–H groups in total. The number of halogens is 2. The number of carbonyl (C=O) groups is 1. The summed E-state index contributed by atoms with van der Waals surface area (Å²) >= 11 is 0. The molecule has 86 valence electrons. The number of carboxylic acid groups (broad SMARTS) is 1. The van der Waals surface area contributed by atoms with Crippen LogP contribution in [0.2, 0.25) is 0 Å². The lowest BCUT2D eigenvalue weighted by Gasteiger charge is -1.97. The Bertz CT molecular complexity index is 568. The average Bonchev–Trinajstić information content (AvgIpc) is 2.18. The monoisotopic (exact) mass is 262 g/mol. The SMILES string of the molecule is Cl.Cl.O=C(O)c1c[nH]c2cccnc2c1=O. The zero-order valence-corrected chi connectivity index (χ0v) is 9.47. The van der Waals surface area contributed by atoms with Crippen LogP contribution in [-0.4, -0.2) is 21.0 Å². The van der Waals surface area contributed by atoms with Crippen molar-refractivity contribution in [2.45, 2.75) is 0 Å². The molecule has 0 aliphatic rings. The molecule has 2 rings (SSSR count). The third-order valence-electron chi connectivity index (χ3n) is 1.87. The molecule has 0 amide bonds. The Morgan fingerprint density at radius 3 is 2.69 bits per heavy atom. The van der Waals surface area contributed by atoms with Gasteiger partial charge in [0, 0.05) is 12.4 Å². The molecule has 0 atom stereocenters. The quantitative estimate of drug-likeness (QED) is 0.815. The summed E-state index contributed by atoms with van der Waals surface area (Å²) in [4.78, 5) is 28.6. The minimum absolute atomic E-state index is 0. The first-order valence-electron chi connectivity index (χ1n) is 3.90. The molecule has 0 bridgehead atoms. The highest BCUT2D eigenvalue weighted by Gasteiger charge is 2.11. The zero-order chi connectivity index (χ0) is 10.1. The Morgan fingerprint density at radius 1 is 1.38 bits per heavy atom. The van der Waals surface area contributed by atoms with Gasteiger partial charge in [0.1, 0.15) is 11.1 Å². The van der Waals surface area contributed by atoms with E-state index in [0.717, 1.165) is 0 Å². The van der Waals surface area contributed by atoms with Crippen LogP contribution in [0.4, 0.5) is 0 Å². The van der Waals surface area contributed by atoms with Crippen LogP contribution in [0.25, 0.3) is 11.0 Å². The number of hydrogen-bond donors (Lipinski definition) is 2. The fourth-order valence-corrected chi connectivity index (χ4v) is 1.20. The maximum Gasteiger partial charge on any atom is 0.341 e. The van der Waals surface area contributed by atoms with E-state index in [1.807, 2.05) is 0 Å². The van der Waals surface area contributed by atoms with Gasteiger partial charge in [-0.25, -0.2) is 4.79 Å². The summed E-state index contributed by atoms with van der Waals surface area (Å²) in [6, 6.07) is 3.33. The van der Waals surface area contributed by atoms with Crippen LogP contribution < -0.4 is 5.43 Å². The zero-order valence-electron chi connectivity index (χ0n) is 7.84. The predicted molar refractivity (Wildman–Crippen MR) is 63.8 cm³/mol. The Kier molecular flexibility index (Phi) is 4.94. The highest BCUT2D eigenvalue weighted by atomic mass is 35.5. The highest BCUT2D eigenvalue weighted by molar-refractivity contribution is 5.90. The van der Waals surface area contributed by atoms with Crippen LogP contribution in [-0.2, 0) is 0 Å². The number of fused-ring (bicyclic) bond motifs is 1. The third-order valence-corrected chi connectivity index (χ3v) is 1.87. The van der Waals surface area contributed by atoms with Crippen molar-refractivity contribution in [3.63, 3.8) is 0 Å². The largest absolute Gasteiger partial charge is 0.477 e. The van der Waals surface area contributed by atoms with E-state index in [9.17, 15) is 9.59 Å². The van der Waals surface area contributed by atoms with Crippen molar-refractivity contribution >= 4 is 41.8 Å². The van der Waals surface area contributed by atoms with Crippen molar-refractivity contribution in [1.29, 1.82) is 0 Å². The summed E-state index contributed by atoms with van der Waals surface area (Å²) in [5, 5.41) is 8.68. The molecular formula is C9H8Cl2N2O3. The van der Waals surface area contributed by atoms with Crippen molar-refractivity contribution in [3.05, 3.63) is 40.3 Å². The van der Waals surface area contributed by atoms with E-state index in [1.54, 1.807) is 12.1 Å². The highest BCUT2D eigenvalue weighted by Crippen LogP contribution is 2.03. The van der Waals surface area contributed by atoms with E-state index in [2.05, 4.69) is 9.97 Å². The van der Waals surface area contributed by atoms with Gasteiger partial charge in [0.2, 0.25) is 5.43 Å². The van der Waals surface area contributed by atoms with Gasteiger partial charge in [-0.1, -0.05) is 0 Å². The lowest BCUT2D eigenvalue weighted by atomic mass is 10.2. The van der Waals surface area contributed by atoms with E-state index in [4.69, 9.17) is 5.11 Å². The summed E-state index contributed by atoms with van der Waals surface area (Å²) in [5.41, 5.74) is -0.182. The van der Waals surface area contributed by atoms with E-state index < -0.39 is 11.4 Å². The number of aromatic carboxylic acids is 1. The predicted octanol–water partition coefficient (Wildman–Crippen LogP) is 1.46. The number of pyridine rings is 2. The normalized spacial score (nSPS) is 9.00. The van der Waals surface area contributed by atoms with E-state index in [-0.39, 0.29) is 35.9 Å². The first-order valence-corrected chi connectivity index (χ1v) is 3.90. The third kappa shape index (κ3) is 2.32. The van der Waals surface area contributed by atoms with Gasteiger partial charge >= 0.3 is 5.97 Å². The molecule has 0 saturated carbocycles. The molecule has 5 nitrogen and oxygen atoms in total. The smallest absolute Gasteiger partial charge is 0.341 e. The molecule has 0 aliphatic carbocycles. The van der Waals surface area contributed by atoms with Crippen molar-refractivity contribution in [2.24, 2.45) is 0 Å². The van der Waals surface area contributed by atoms with Gasteiger partial charge in [-0.15, -0.1) is 24.8 Å². The first-order chi connectivity index (χ1) is 6.70. The average molecular weight is 263 g/mol. The number of H-pyrrole nitrogens is 1. The maximum absolute atomic E-state index is 11.5. The molecule has 0 saturated heterocycles. The Morgan fingerprint density at radius 2 is 2.06 bits per heavy atom. The summed E-state index contributed by atoms with van der Waals surface area (Å²) < 4.78 is 0. The summed E-state index contributed by atoms with van der Waals surface area (Å²) in [6.07, 6.45) is 2.62. The van der Waals surface area contributed by atoms with Crippen LogP contribution in [0, 0.1) is 0 Å². The minimum Gasteiger partial charge on any atom is -0.477 e. The van der Waals surface area contributed by atoms with E-state index >= 15 is 0 Å². The number of hydrogen-bond acceptors (Lipinski definition) is 3. The summed E-state index contributed by atoms with van der Waals surface area (Å²) in [7, 11) is 0. The van der Waals surface area contributed by atoms with Crippen LogP contribution in [0.1, 0.15) is 10.4 Å². The number of aromatic nitrogens is 2. The summed E-state index contributed by atoms with van der Waals surface area (Å²) in [6.45, 7) is 0. The second-order valence-electron chi connectivity index (χ2n) is 2.74. The first kappa shape index (κ1) is 14.4. The number of aromatic amines is 1. The molecule has 0 aromatic carbocycles. The molecule has 7 heteroatoms. The van der Waals surface area contributed by atoms with Gasteiger partial charge < -0.3 is 10.1 Å². The van der Waals surface area contributed by atoms with Crippen molar-refractivity contribution in [2.75, 3.05) is 0 Å². The number of rotatable bonds is 1. The molecule has 0 unspecified atom stereocenters. The van der Waals surface area contributed by atoms with Gasteiger partial charge in [-0.05, 0) is 12.1 Å². The van der Waals surface area contributed by atoms with Gasteiger partial charge in [-0.3, -0.25) is 9.78 Å². The minimum atomic E-state index is -1.25. The second kappa shape index (κ2) is 5.48. The molecule has 0 spiro atoms. The topological polar surface area (TPSA) is 83.0 Å². The van der Waals surface area contributed by atoms with Crippen molar-refractivity contribution in [1.82, 2.24) is 9.97 Å².